The van der Waals surface area contributed by atoms with Crippen molar-refractivity contribution < 1.29 is 18.3 Å². The zero-order valence-electron chi connectivity index (χ0n) is 20.4. The van der Waals surface area contributed by atoms with Gasteiger partial charge in [0.25, 0.3) is 5.91 Å². The molecule has 1 aromatic carbocycles. The number of alkyl halides is 2. The van der Waals surface area contributed by atoms with Crippen molar-refractivity contribution in [3.63, 3.8) is 0 Å². The van der Waals surface area contributed by atoms with Gasteiger partial charge >= 0.3 is 6.61 Å². The number of amides is 1. The van der Waals surface area contributed by atoms with E-state index < -0.39 is 12.5 Å². The van der Waals surface area contributed by atoms with Crippen LogP contribution >= 0.6 is 11.8 Å². The lowest BCUT2D eigenvalue weighted by Gasteiger charge is -2.13. The van der Waals surface area contributed by atoms with Crippen molar-refractivity contribution in [2.24, 2.45) is 0 Å². The van der Waals surface area contributed by atoms with E-state index in [0.29, 0.717) is 29.1 Å². The standard InChI is InChI=1S/C25H27F2N7O2S/c1-15(2)37-17-6-7-21(36-25(26)27)18(11-17)22-20(14-33(32-22)13-16-5-3-8-28-16)31-24(35)19-12-30-34-10-4-9-29-23(19)34/h4,6-7,9-12,14-16,25,28H,3,5,8,13H2,1-2H3,(H,31,35)/t16-/m1/s1. The van der Waals surface area contributed by atoms with Crippen LogP contribution in [0.15, 0.2) is 53.9 Å². The number of anilines is 1. The van der Waals surface area contributed by atoms with E-state index in [0.717, 1.165) is 24.3 Å². The van der Waals surface area contributed by atoms with Gasteiger partial charge in [0, 0.05) is 40.3 Å². The van der Waals surface area contributed by atoms with Crippen LogP contribution in [0.5, 0.6) is 5.75 Å². The largest absolute Gasteiger partial charge is 0.434 e. The highest BCUT2D eigenvalue weighted by molar-refractivity contribution is 7.99. The van der Waals surface area contributed by atoms with Crippen LogP contribution in [-0.2, 0) is 6.54 Å². The lowest BCUT2D eigenvalue weighted by Crippen LogP contribution is -2.26. The van der Waals surface area contributed by atoms with Gasteiger partial charge < -0.3 is 15.4 Å². The summed E-state index contributed by atoms with van der Waals surface area (Å²) >= 11 is 1.59. The second-order valence-electron chi connectivity index (χ2n) is 9.01. The molecule has 9 nitrogen and oxygen atoms in total. The van der Waals surface area contributed by atoms with E-state index >= 15 is 0 Å². The molecule has 37 heavy (non-hydrogen) atoms. The lowest BCUT2D eigenvalue weighted by molar-refractivity contribution is -0.0494. The number of ether oxygens (including phenoxy) is 1. The highest BCUT2D eigenvalue weighted by Gasteiger charge is 2.24. The van der Waals surface area contributed by atoms with Crippen LogP contribution in [0.3, 0.4) is 0 Å². The SMILES string of the molecule is CC(C)Sc1ccc(OC(F)F)c(-c2nn(C[C@H]3CCCN3)cc2NC(=O)c2cnn3cccnc23)c1. The number of carbonyl (C=O) groups excluding carboxylic acids is 1. The average Bonchev–Trinajstić information content (AvgIpc) is 3.60. The molecule has 12 heteroatoms. The predicted octanol–water partition coefficient (Wildman–Crippen LogP) is 4.70. The number of fused-ring (bicyclic) bond motifs is 1. The number of nitrogens with one attached hydrogen (secondary N) is 2. The predicted molar refractivity (Wildman–Crippen MR) is 137 cm³/mol. The quantitative estimate of drug-likeness (QED) is 0.305. The zero-order valence-corrected chi connectivity index (χ0v) is 21.2. The molecule has 2 N–H and O–H groups in total. The topological polar surface area (TPSA) is 98.4 Å². The van der Waals surface area contributed by atoms with Crippen molar-refractivity contribution in [3.8, 4) is 17.0 Å². The summed E-state index contributed by atoms with van der Waals surface area (Å²) in [5.74, 6) is -0.446. The number of rotatable bonds is 9. The van der Waals surface area contributed by atoms with Gasteiger partial charge in [-0.2, -0.15) is 19.0 Å². The molecular formula is C25H27F2N7O2S. The van der Waals surface area contributed by atoms with E-state index in [1.807, 2.05) is 13.8 Å². The van der Waals surface area contributed by atoms with Crippen LogP contribution in [0, 0.1) is 0 Å². The van der Waals surface area contributed by atoms with Gasteiger partial charge in [0.2, 0.25) is 0 Å². The molecule has 1 atom stereocenters. The van der Waals surface area contributed by atoms with Crippen LogP contribution in [0.1, 0.15) is 37.0 Å². The van der Waals surface area contributed by atoms with E-state index in [9.17, 15) is 13.6 Å². The number of aromatic nitrogens is 5. The molecule has 0 spiro atoms. The molecule has 1 amide bonds. The van der Waals surface area contributed by atoms with Crippen molar-refractivity contribution in [1.29, 1.82) is 0 Å². The second kappa shape index (κ2) is 10.9. The average molecular weight is 528 g/mol. The highest BCUT2D eigenvalue weighted by Crippen LogP contribution is 2.39. The summed E-state index contributed by atoms with van der Waals surface area (Å²) in [4.78, 5) is 18.4. The molecule has 1 fully saturated rings. The summed E-state index contributed by atoms with van der Waals surface area (Å²) in [6.07, 6.45) is 8.52. The molecule has 4 heterocycles. The third-order valence-corrected chi connectivity index (χ3v) is 6.90. The van der Waals surface area contributed by atoms with E-state index in [2.05, 4.69) is 20.7 Å². The Balaban J connectivity index is 1.55. The van der Waals surface area contributed by atoms with E-state index in [-0.39, 0.29) is 22.6 Å². The van der Waals surface area contributed by atoms with Crippen LogP contribution in [0.4, 0.5) is 14.5 Å². The van der Waals surface area contributed by atoms with Gasteiger partial charge in [0.1, 0.15) is 17.0 Å². The first-order chi connectivity index (χ1) is 17.9. The van der Waals surface area contributed by atoms with E-state index in [1.165, 1.54) is 16.8 Å². The highest BCUT2D eigenvalue weighted by atomic mass is 32.2. The van der Waals surface area contributed by atoms with E-state index in [4.69, 9.17) is 9.84 Å². The Morgan fingerprint density at radius 1 is 1.35 bits per heavy atom. The summed E-state index contributed by atoms with van der Waals surface area (Å²) in [6.45, 7) is 2.60. The molecule has 1 saturated heterocycles. The minimum Gasteiger partial charge on any atom is -0.434 e. The van der Waals surface area contributed by atoms with Gasteiger partial charge in [0.05, 0.1) is 18.4 Å². The smallest absolute Gasteiger partial charge is 0.387 e. The van der Waals surface area contributed by atoms with Crippen LogP contribution in [0.25, 0.3) is 16.9 Å². The Morgan fingerprint density at radius 2 is 2.22 bits per heavy atom. The Morgan fingerprint density at radius 3 is 2.97 bits per heavy atom. The van der Waals surface area contributed by atoms with Gasteiger partial charge in [-0.25, -0.2) is 9.50 Å². The molecule has 0 saturated carbocycles. The molecule has 0 radical (unpaired) electrons. The Kier molecular flexibility index (Phi) is 7.38. The first kappa shape index (κ1) is 25.2. The normalized spacial score (nSPS) is 15.7. The van der Waals surface area contributed by atoms with Crippen LogP contribution in [-0.4, -0.2) is 54.7 Å². The van der Waals surface area contributed by atoms with Gasteiger partial charge in [-0.05, 0) is 43.7 Å². The second-order valence-corrected chi connectivity index (χ2v) is 10.7. The zero-order chi connectivity index (χ0) is 25.9. The number of nitrogens with zero attached hydrogens (tertiary/aromatic N) is 5. The van der Waals surface area contributed by atoms with Crippen molar-refractivity contribution >= 4 is 29.0 Å². The number of halogens is 2. The molecule has 3 aromatic heterocycles. The maximum atomic E-state index is 13.3. The fraction of sp³-hybridized carbons (Fsp3) is 0.360. The first-order valence-corrected chi connectivity index (χ1v) is 12.9. The van der Waals surface area contributed by atoms with Crippen molar-refractivity contribution in [2.75, 3.05) is 11.9 Å². The summed E-state index contributed by atoms with van der Waals surface area (Å²) < 4.78 is 34.7. The first-order valence-electron chi connectivity index (χ1n) is 12.0. The van der Waals surface area contributed by atoms with Gasteiger partial charge in [-0.15, -0.1) is 11.8 Å². The fourth-order valence-electron chi connectivity index (χ4n) is 4.36. The third-order valence-electron chi connectivity index (χ3n) is 5.90. The molecule has 194 valence electrons. The molecule has 4 aromatic rings. The summed E-state index contributed by atoms with van der Waals surface area (Å²) in [7, 11) is 0. The van der Waals surface area contributed by atoms with Gasteiger partial charge in [0.15, 0.2) is 5.65 Å². The fourth-order valence-corrected chi connectivity index (χ4v) is 5.24. The van der Waals surface area contributed by atoms with Crippen molar-refractivity contribution in [2.45, 2.75) is 56.0 Å². The van der Waals surface area contributed by atoms with Crippen molar-refractivity contribution in [3.05, 3.63) is 54.6 Å². The molecule has 1 aliphatic heterocycles. The maximum Gasteiger partial charge on any atom is 0.387 e. The van der Waals surface area contributed by atoms with Gasteiger partial charge in [-0.3, -0.25) is 9.48 Å². The summed E-state index contributed by atoms with van der Waals surface area (Å²) in [5, 5.41) is 15.5. The number of thioether (sulfide) groups is 1. The Hall–Kier alpha value is -3.51. The van der Waals surface area contributed by atoms with Crippen molar-refractivity contribution in [1.82, 2.24) is 29.7 Å². The minimum absolute atomic E-state index is 0.0134. The lowest BCUT2D eigenvalue weighted by atomic mass is 10.1. The van der Waals surface area contributed by atoms with E-state index in [1.54, 1.807) is 53.2 Å². The van der Waals surface area contributed by atoms with Crippen LogP contribution in [0.2, 0.25) is 0 Å². The molecular weight excluding hydrogens is 500 g/mol. The maximum absolute atomic E-state index is 13.3. The van der Waals surface area contributed by atoms with Gasteiger partial charge in [-0.1, -0.05) is 13.8 Å². The number of carbonyl (C=O) groups is 1. The number of benzene rings is 1. The Bertz CT molecular complexity index is 1400. The van der Waals surface area contributed by atoms with Crippen LogP contribution < -0.4 is 15.4 Å². The third kappa shape index (κ3) is 5.75. The molecule has 0 unspecified atom stereocenters. The Labute approximate surface area is 216 Å². The molecule has 5 rings (SSSR count). The molecule has 0 bridgehead atoms. The number of hydrogen-bond donors (Lipinski definition) is 2. The molecule has 0 aliphatic carbocycles. The molecule has 1 aliphatic rings. The minimum atomic E-state index is -3.00. The monoisotopic (exact) mass is 527 g/mol. The summed E-state index contributed by atoms with van der Waals surface area (Å²) in [5.41, 5.74) is 1.78. The summed E-state index contributed by atoms with van der Waals surface area (Å²) in [6, 6.07) is 6.99. The number of hydrogen-bond acceptors (Lipinski definition) is 7.